The van der Waals surface area contributed by atoms with E-state index in [1.165, 1.54) is 5.56 Å². The van der Waals surface area contributed by atoms with Crippen molar-refractivity contribution in [2.45, 2.75) is 11.8 Å². The predicted octanol–water partition coefficient (Wildman–Crippen LogP) is 3.14. The lowest BCUT2D eigenvalue weighted by atomic mass is 9.90. The predicted molar refractivity (Wildman–Crippen MR) is 86.1 cm³/mol. The van der Waals surface area contributed by atoms with E-state index in [-0.39, 0.29) is 12.5 Å². The molecule has 2 aromatic rings. The normalized spacial score (nSPS) is 18.5. The number of nitrogens with zero attached hydrogens (tertiary/aromatic N) is 1. The molecular formula is C17H17ClN2O. The molecule has 1 heterocycles. The van der Waals surface area contributed by atoms with Gasteiger partial charge in [0.25, 0.3) is 0 Å². The third-order valence-electron chi connectivity index (χ3n) is 3.88. The van der Waals surface area contributed by atoms with E-state index in [0.717, 1.165) is 17.7 Å². The summed E-state index contributed by atoms with van der Waals surface area (Å²) in [6, 6.07) is 16.0. The number of hydrazone groups is 1. The zero-order chi connectivity index (χ0) is 14.7. The van der Waals surface area contributed by atoms with Crippen LogP contribution in [0, 0.1) is 0 Å². The average molecular weight is 301 g/mol. The van der Waals surface area contributed by atoms with Gasteiger partial charge in [0, 0.05) is 29.6 Å². The Hall–Kier alpha value is -1.84. The fourth-order valence-electron chi connectivity index (χ4n) is 2.62. The van der Waals surface area contributed by atoms with E-state index in [1.54, 1.807) is 0 Å². The molecule has 4 heteroatoms. The summed E-state index contributed by atoms with van der Waals surface area (Å²) in [6.45, 7) is 0.924. The van der Waals surface area contributed by atoms with E-state index in [0.29, 0.717) is 10.9 Å². The topological polar surface area (TPSA) is 44.6 Å². The van der Waals surface area contributed by atoms with Gasteiger partial charge in [-0.05, 0) is 28.8 Å². The van der Waals surface area contributed by atoms with Gasteiger partial charge >= 0.3 is 0 Å². The number of halogens is 1. The molecule has 0 saturated heterocycles. The number of nitrogens with one attached hydrogen (secondary N) is 1. The van der Waals surface area contributed by atoms with Crippen molar-refractivity contribution in [3.8, 4) is 0 Å². The Bertz CT molecular complexity index is 622. The molecule has 0 saturated carbocycles. The lowest BCUT2D eigenvalue weighted by molar-refractivity contribution is 0.280. The maximum atomic E-state index is 9.72. The molecule has 0 bridgehead atoms. The highest BCUT2D eigenvalue weighted by atomic mass is 35.5. The largest absolute Gasteiger partial charge is 0.395 e. The molecule has 0 fully saturated rings. The molecule has 0 aliphatic carbocycles. The minimum Gasteiger partial charge on any atom is -0.395 e. The summed E-state index contributed by atoms with van der Waals surface area (Å²) in [6.07, 6.45) is 1.93. The fourth-order valence-corrected chi connectivity index (χ4v) is 2.75. The molecule has 0 amide bonds. The maximum absolute atomic E-state index is 9.72. The third kappa shape index (κ3) is 3.09. The Morgan fingerprint density at radius 2 is 1.71 bits per heavy atom. The first-order valence-corrected chi connectivity index (χ1v) is 7.38. The Kier molecular flexibility index (Phi) is 4.23. The van der Waals surface area contributed by atoms with Crippen LogP contribution in [-0.4, -0.2) is 24.5 Å². The van der Waals surface area contributed by atoms with Crippen LogP contribution >= 0.6 is 11.6 Å². The summed E-state index contributed by atoms with van der Waals surface area (Å²) in [7, 11) is 0. The lowest BCUT2D eigenvalue weighted by Crippen LogP contribution is -2.09. The van der Waals surface area contributed by atoms with Crippen LogP contribution in [0.15, 0.2) is 53.6 Å². The molecular weight excluding hydrogens is 284 g/mol. The second-order valence-electron chi connectivity index (χ2n) is 5.20. The van der Waals surface area contributed by atoms with Crippen molar-refractivity contribution in [1.29, 1.82) is 0 Å². The van der Waals surface area contributed by atoms with Crippen molar-refractivity contribution in [3.63, 3.8) is 0 Å². The van der Waals surface area contributed by atoms with E-state index in [2.05, 4.69) is 34.8 Å². The third-order valence-corrected chi connectivity index (χ3v) is 4.13. The zero-order valence-electron chi connectivity index (χ0n) is 11.5. The van der Waals surface area contributed by atoms with Gasteiger partial charge in [-0.15, -0.1) is 0 Å². The zero-order valence-corrected chi connectivity index (χ0v) is 12.3. The highest BCUT2D eigenvalue weighted by molar-refractivity contribution is 6.30. The summed E-state index contributed by atoms with van der Waals surface area (Å²) < 4.78 is 0. The molecule has 2 aromatic carbocycles. The number of hydrogen-bond acceptors (Lipinski definition) is 3. The number of aliphatic hydroxyl groups is 1. The molecule has 108 valence electrons. The molecule has 0 spiro atoms. The van der Waals surface area contributed by atoms with Crippen LogP contribution in [0.3, 0.4) is 0 Å². The van der Waals surface area contributed by atoms with Gasteiger partial charge in [0.1, 0.15) is 0 Å². The minimum absolute atomic E-state index is 0.0216. The van der Waals surface area contributed by atoms with Crippen LogP contribution in [0.5, 0.6) is 0 Å². The van der Waals surface area contributed by atoms with Crippen molar-refractivity contribution < 1.29 is 5.11 Å². The van der Waals surface area contributed by atoms with E-state index >= 15 is 0 Å². The summed E-state index contributed by atoms with van der Waals surface area (Å²) in [5.41, 5.74) is 6.38. The van der Waals surface area contributed by atoms with Gasteiger partial charge < -0.3 is 10.5 Å². The van der Waals surface area contributed by atoms with E-state index in [1.807, 2.05) is 30.5 Å². The molecule has 2 N–H and O–H groups in total. The molecule has 2 atom stereocenters. The number of benzene rings is 2. The molecule has 0 radical (unpaired) electrons. The van der Waals surface area contributed by atoms with E-state index in [9.17, 15) is 5.11 Å². The molecule has 2 unspecified atom stereocenters. The lowest BCUT2D eigenvalue weighted by Gasteiger charge is -2.16. The Morgan fingerprint density at radius 1 is 1.10 bits per heavy atom. The van der Waals surface area contributed by atoms with Gasteiger partial charge in [0.05, 0.1) is 6.61 Å². The summed E-state index contributed by atoms with van der Waals surface area (Å²) in [5, 5.41) is 14.5. The number of aliphatic hydroxyl groups excluding tert-OH is 1. The quantitative estimate of drug-likeness (QED) is 0.911. The Balaban J connectivity index is 1.83. The monoisotopic (exact) mass is 300 g/mol. The summed E-state index contributed by atoms with van der Waals surface area (Å²) in [5.74, 6) is 0.314. The highest BCUT2D eigenvalue weighted by Gasteiger charge is 2.16. The number of hydrogen-bond donors (Lipinski definition) is 2. The number of rotatable bonds is 4. The fraction of sp³-hybridized carbons (Fsp3) is 0.235. The van der Waals surface area contributed by atoms with Gasteiger partial charge in [0.15, 0.2) is 0 Å². The van der Waals surface area contributed by atoms with Crippen LogP contribution < -0.4 is 5.43 Å². The average Bonchev–Trinajstić information content (AvgIpc) is 3.05. The van der Waals surface area contributed by atoms with Gasteiger partial charge in [-0.25, -0.2) is 0 Å². The molecule has 21 heavy (non-hydrogen) atoms. The smallest absolute Gasteiger partial charge is 0.0540 e. The van der Waals surface area contributed by atoms with Crippen LogP contribution in [0.2, 0.25) is 5.02 Å². The standard InChI is InChI=1S/C17H17ClN2O/c18-16-7-5-14(6-8-16)17(11-21)13-3-1-12(2-4-13)15-9-19-20-10-15/h1-9,15,17,20-21H,10-11H2. The first-order chi connectivity index (χ1) is 10.3. The Morgan fingerprint density at radius 3 is 2.24 bits per heavy atom. The van der Waals surface area contributed by atoms with Gasteiger partial charge in [-0.1, -0.05) is 48.0 Å². The Labute approximate surface area is 129 Å². The van der Waals surface area contributed by atoms with Crippen LogP contribution in [0.25, 0.3) is 0 Å². The van der Waals surface area contributed by atoms with E-state index in [4.69, 9.17) is 11.6 Å². The SMILES string of the molecule is OCC(c1ccc(Cl)cc1)c1ccc(C2C=NNC2)cc1. The van der Waals surface area contributed by atoms with Crippen molar-refractivity contribution in [2.24, 2.45) is 5.10 Å². The highest BCUT2D eigenvalue weighted by Crippen LogP contribution is 2.27. The van der Waals surface area contributed by atoms with Crippen LogP contribution in [-0.2, 0) is 0 Å². The maximum Gasteiger partial charge on any atom is 0.0540 e. The molecule has 3 rings (SSSR count). The molecule has 0 aromatic heterocycles. The van der Waals surface area contributed by atoms with Gasteiger partial charge in [-0.3, -0.25) is 0 Å². The second kappa shape index (κ2) is 6.29. The van der Waals surface area contributed by atoms with Crippen molar-refractivity contribution in [3.05, 3.63) is 70.2 Å². The molecule has 1 aliphatic rings. The molecule has 3 nitrogen and oxygen atoms in total. The van der Waals surface area contributed by atoms with Crippen molar-refractivity contribution >= 4 is 17.8 Å². The van der Waals surface area contributed by atoms with E-state index < -0.39 is 0 Å². The molecule has 1 aliphatic heterocycles. The first-order valence-electron chi connectivity index (χ1n) is 7.00. The second-order valence-corrected chi connectivity index (χ2v) is 5.64. The van der Waals surface area contributed by atoms with Crippen molar-refractivity contribution in [1.82, 2.24) is 5.43 Å². The van der Waals surface area contributed by atoms with Crippen LogP contribution in [0.4, 0.5) is 0 Å². The van der Waals surface area contributed by atoms with Crippen molar-refractivity contribution in [2.75, 3.05) is 13.2 Å². The minimum atomic E-state index is -0.0216. The van der Waals surface area contributed by atoms with Gasteiger partial charge in [-0.2, -0.15) is 5.10 Å². The van der Waals surface area contributed by atoms with Gasteiger partial charge in [0.2, 0.25) is 0 Å². The first kappa shape index (κ1) is 14.1. The summed E-state index contributed by atoms with van der Waals surface area (Å²) in [4.78, 5) is 0. The van der Waals surface area contributed by atoms with Crippen LogP contribution in [0.1, 0.15) is 28.5 Å². The summed E-state index contributed by atoms with van der Waals surface area (Å²) >= 11 is 5.92.